The van der Waals surface area contributed by atoms with Gasteiger partial charge in [0.15, 0.2) is 6.10 Å². The minimum Gasteiger partial charge on any atom is -0.481 e. The molecular weight excluding hydrogens is 310 g/mol. The van der Waals surface area contributed by atoms with Crippen molar-refractivity contribution in [3.05, 3.63) is 65.2 Å². The smallest absolute Gasteiger partial charge is 0.261 e. The molecular formula is C22H29NO2. The molecule has 2 unspecified atom stereocenters. The molecule has 0 fully saturated rings. The Labute approximate surface area is 151 Å². The molecule has 1 N–H and O–H groups in total. The van der Waals surface area contributed by atoms with Gasteiger partial charge >= 0.3 is 0 Å². The highest BCUT2D eigenvalue weighted by Crippen LogP contribution is 2.24. The van der Waals surface area contributed by atoms with Crippen LogP contribution in [0.3, 0.4) is 0 Å². The Morgan fingerprint density at radius 2 is 1.68 bits per heavy atom. The van der Waals surface area contributed by atoms with Crippen LogP contribution in [0, 0.1) is 6.92 Å². The zero-order valence-electron chi connectivity index (χ0n) is 16.1. The van der Waals surface area contributed by atoms with Crippen molar-refractivity contribution < 1.29 is 9.53 Å². The maximum atomic E-state index is 12.4. The van der Waals surface area contributed by atoms with Crippen molar-refractivity contribution in [1.29, 1.82) is 0 Å². The molecule has 2 rings (SSSR count). The lowest BCUT2D eigenvalue weighted by Crippen LogP contribution is -2.37. The fraction of sp³-hybridized carbons (Fsp3) is 0.409. The number of hydrogen-bond donors (Lipinski definition) is 1. The highest BCUT2D eigenvalue weighted by atomic mass is 16.5. The van der Waals surface area contributed by atoms with Crippen LogP contribution in [0.2, 0.25) is 0 Å². The molecule has 3 heteroatoms. The van der Waals surface area contributed by atoms with E-state index >= 15 is 0 Å². The predicted octanol–water partition coefficient (Wildman–Crippen LogP) is 4.94. The van der Waals surface area contributed by atoms with Gasteiger partial charge in [0.1, 0.15) is 5.75 Å². The van der Waals surface area contributed by atoms with Gasteiger partial charge in [-0.2, -0.15) is 0 Å². The minimum absolute atomic E-state index is 0.0647. The Hall–Kier alpha value is -2.29. The molecule has 0 bridgehead atoms. The molecule has 0 heterocycles. The monoisotopic (exact) mass is 339 g/mol. The van der Waals surface area contributed by atoms with E-state index in [1.54, 1.807) is 6.92 Å². The largest absolute Gasteiger partial charge is 0.481 e. The molecule has 0 aromatic heterocycles. The number of aryl methyl sites for hydroxylation is 1. The summed E-state index contributed by atoms with van der Waals surface area (Å²) in [7, 11) is 0. The highest BCUT2D eigenvalue weighted by Gasteiger charge is 2.19. The summed E-state index contributed by atoms with van der Waals surface area (Å²) in [4.78, 5) is 12.4. The number of amides is 1. The Morgan fingerprint density at radius 1 is 1.04 bits per heavy atom. The van der Waals surface area contributed by atoms with Crippen molar-refractivity contribution in [3.8, 4) is 5.75 Å². The van der Waals surface area contributed by atoms with E-state index in [-0.39, 0.29) is 17.4 Å². The Balaban J connectivity index is 1.97. The fourth-order valence-electron chi connectivity index (χ4n) is 2.63. The van der Waals surface area contributed by atoms with Crippen LogP contribution in [0.25, 0.3) is 0 Å². The van der Waals surface area contributed by atoms with Crippen LogP contribution in [0.1, 0.15) is 57.4 Å². The van der Waals surface area contributed by atoms with E-state index in [9.17, 15) is 4.79 Å². The Kier molecular flexibility index (Phi) is 5.89. The van der Waals surface area contributed by atoms with Gasteiger partial charge in [0, 0.05) is 0 Å². The first kappa shape index (κ1) is 19.0. The maximum Gasteiger partial charge on any atom is 0.261 e. The molecule has 3 nitrogen and oxygen atoms in total. The first-order chi connectivity index (χ1) is 11.7. The first-order valence-electron chi connectivity index (χ1n) is 8.81. The number of ether oxygens (including phenoxy) is 1. The molecule has 2 atom stereocenters. The molecule has 134 valence electrons. The summed E-state index contributed by atoms with van der Waals surface area (Å²) < 4.78 is 5.75. The summed E-state index contributed by atoms with van der Waals surface area (Å²) in [5, 5.41) is 3.03. The second-order valence-corrected chi connectivity index (χ2v) is 7.68. The molecule has 25 heavy (non-hydrogen) atoms. The molecule has 0 aliphatic carbocycles. The average Bonchev–Trinajstić information content (AvgIpc) is 2.54. The van der Waals surface area contributed by atoms with Crippen LogP contribution in [0.4, 0.5) is 0 Å². The minimum atomic E-state index is -0.543. The van der Waals surface area contributed by atoms with Crippen molar-refractivity contribution >= 4 is 5.91 Å². The number of nitrogens with one attached hydrogen (secondary N) is 1. The number of carbonyl (C=O) groups is 1. The lowest BCUT2D eigenvalue weighted by Gasteiger charge is -2.22. The van der Waals surface area contributed by atoms with Crippen LogP contribution in [0.15, 0.2) is 48.5 Å². The van der Waals surface area contributed by atoms with E-state index in [2.05, 4.69) is 50.4 Å². The van der Waals surface area contributed by atoms with Crippen molar-refractivity contribution in [3.63, 3.8) is 0 Å². The SMILES string of the molecule is Cc1cccc(OC(C)C(=O)NC(C)c2ccc(C(C)(C)C)cc2)c1. The van der Waals surface area contributed by atoms with E-state index in [0.717, 1.165) is 11.1 Å². The van der Waals surface area contributed by atoms with Gasteiger partial charge in [0.2, 0.25) is 0 Å². The number of hydrogen-bond acceptors (Lipinski definition) is 2. The summed E-state index contributed by atoms with van der Waals surface area (Å²) in [5.74, 6) is 0.596. The van der Waals surface area contributed by atoms with Crippen molar-refractivity contribution in [2.75, 3.05) is 0 Å². The van der Waals surface area contributed by atoms with E-state index in [1.807, 2.05) is 38.1 Å². The summed E-state index contributed by atoms with van der Waals surface area (Å²) in [5.41, 5.74) is 3.61. The zero-order valence-corrected chi connectivity index (χ0v) is 16.1. The van der Waals surface area contributed by atoms with E-state index < -0.39 is 6.10 Å². The van der Waals surface area contributed by atoms with Gasteiger partial charge in [-0.05, 0) is 55.0 Å². The molecule has 0 aliphatic heterocycles. The normalized spacial score (nSPS) is 13.8. The lowest BCUT2D eigenvalue weighted by molar-refractivity contribution is -0.127. The van der Waals surface area contributed by atoms with Gasteiger partial charge in [-0.15, -0.1) is 0 Å². The van der Waals surface area contributed by atoms with Crippen LogP contribution >= 0.6 is 0 Å². The summed E-state index contributed by atoms with van der Waals surface area (Å²) in [6.07, 6.45) is -0.543. The van der Waals surface area contributed by atoms with Crippen LogP contribution in [0.5, 0.6) is 5.75 Å². The van der Waals surface area contributed by atoms with Gasteiger partial charge in [0.05, 0.1) is 6.04 Å². The van der Waals surface area contributed by atoms with E-state index in [0.29, 0.717) is 5.75 Å². The third-order valence-electron chi connectivity index (χ3n) is 4.31. The van der Waals surface area contributed by atoms with E-state index in [4.69, 9.17) is 4.74 Å². The van der Waals surface area contributed by atoms with Crippen molar-refractivity contribution in [1.82, 2.24) is 5.32 Å². The average molecular weight is 339 g/mol. The summed E-state index contributed by atoms with van der Waals surface area (Å²) in [6, 6.07) is 16.1. The number of rotatable bonds is 5. The number of benzene rings is 2. The third-order valence-corrected chi connectivity index (χ3v) is 4.31. The third kappa shape index (κ3) is 5.35. The molecule has 2 aromatic carbocycles. The first-order valence-corrected chi connectivity index (χ1v) is 8.81. The maximum absolute atomic E-state index is 12.4. The van der Waals surface area contributed by atoms with Gasteiger partial charge < -0.3 is 10.1 Å². The standard InChI is InChI=1S/C22H29NO2/c1-15-8-7-9-20(14-15)25-17(3)21(24)23-16(2)18-10-12-19(13-11-18)22(4,5)6/h7-14,16-17H,1-6H3,(H,23,24). The molecule has 1 amide bonds. The van der Waals surface area contributed by atoms with Crippen LogP contribution in [-0.4, -0.2) is 12.0 Å². The van der Waals surface area contributed by atoms with Crippen molar-refractivity contribution in [2.45, 2.75) is 59.1 Å². The molecule has 0 aliphatic rings. The second kappa shape index (κ2) is 7.73. The Morgan fingerprint density at radius 3 is 2.24 bits per heavy atom. The quantitative estimate of drug-likeness (QED) is 0.838. The van der Waals surface area contributed by atoms with Gasteiger partial charge in [-0.3, -0.25) is 4.79 Å². The van der Waals surface area contributed by atoms with Crippen LogP contribution in [-0.2, 0) is 10.2 Å². The molecule has 2 aromatic rings. The van der Waals surface area contributed by atoms with Gasteiger partial charge in [0.25, 0.3) is 5.91 Å². The lowest BCUT2D eigenvalue weighted by atomic mass is 9.86. The second-order valence-electron chi connectivity index (χ2n) is 7.68. The zero-order chi connectivity index (χ0) is 18.6. The van der Waals surface area contributed by atoms with Gasteiger partial charge in [-0.1, -0.05) is 57.2 Å². The fourth-order valence-corrected chi connectivity index (χ4v) is 2.63. The molecule has 0 radical (unpaired) electrons. The summed E-state index contributed by atoms with van der Waals surface area (Å²) in [6.45, 7) is 12.3. The van der Waals surface area contributed by atoms with Crippen molar-refractivity contribution in [2.24, 2.45) is 0 Å². The van der Waals surface area contributed by atoms with Gasteiger partial charge in [-0.25, -0.2) is 0 Å². The highest BCUT2D eigenvalue weighted by molar-refractivity contribution is 5.81. The molecule has 0 spiro atoms. The topological polar surface area (TPSA) is 38.3 Å². The molecule has 0 saturated carbocycles. The molecule has 0 saturated heterocycles. The Bertz CT molecular complexity index is 714. The van der Waals surface area contributed by atoms with Crippen LogP contribution < -0.4 is 10.1 Å². The summed E-state index contributed by atoms with van der Waals surface area (Å²) >= 11 is 0. The number of carbonyl (C=O) groups excluding carboxylic acids is 1. The predicted molar refractivity (Wildman–Crippen MR) is 103 cm³/mol. The van der Waals surface area contributed by atoms with E-state index in [1.165, 1.54) is 5.56 Å².